The maximum absolute atomic E-state index is 12.2. The van der Waals surface area contributed by atoms with E-state index in [4.69, 9.17) is 34.8 Å². The highest BCUT2D eigenvalue weighted by atomic mass is 35.5. The van der Waals surface area contributed by atoms with Gasteiger partial charge in [0.2, 0.25) is 0 Å². The Labute approximate surface area is 158 Å². The van der Waals surface area contributed by atoms with Gasteiger partial charge in [-0.05, 0) is 31.2 Å². The van der Waals surface area contributed by atoms with Gasteiger partial charge in [0.05, 0.1) is 15.7 Å². The minimum absolute atomic E-state index is 0.314. The van der Waals surface area contributed by atoms with Crippen molar-refractivity contribution < 1.29 is 4.79 Å². The normalized spacial score (nSPS) is 10.6. The first kappa shape index (κ1) is 17.5. The Balaban J connectivity index is 1.84. The molecule has 1 aromatic carbocycles. The summed E-state index contributed by atoms with van der Waals surface area (Å²) in [5, 5.41) is 11.0. The summed E-state index contributed by atoms with van der Waals surface area (Å²) < 4.78 is 1.44. The first-order chi connectivity index (χ1) is 11.9. The van der Waals surface area contributed by atoms with Crippen LogP contribution in [-0.2, 0) is 0 Å². The molecule has 0 unspecified atom stereocenters. The molecule has 3 aromatic rings. The lowest BCUT2D eigenvalue weighted by Gasteiger charge is -2.10. The predicted molar refractivity (Wildman–Crippen MR) is 100 cm³/mol. The molecule has 0 bridgehead atoms. The summed E-state index contributed by atoms with van der Waals surface area (Å²) in [4.78, 5) is 16.4. The predicted octanol–water partition coefficient (Wildman–Crippen LogP) is 5.18. The van der Waals surface area contributed by atoms with E-state index in [1.165, 1.54) is 10.9 Å². The number of hydrogen-bond acceptors (Lipinski definition) is 3. The summed E-state index contributed by atoms with van der Waals surface area (Å²) in [5.74, 6) is 0.769. The average molecular weight is 397 g/mol. The van der Waals surface area contributed by atoms with Crippen LogP contribution in [0.15, 0.2) is 42.6 Å². The standard InChI is InChI=1S/C16H12Cl3N5O/c1-9-5-14(22-16(25)21-12-4-2-3-10(17)6-12)24(23-9)15-13(19)7-11(18)8-20-15/h2-8H,1H3,(H2,21,22,25). The van der Waals surface area contributed by atoms with Crippen molar-refractivity contribution in [3.63, 3.8) is 0 Å². The Morgan fingerprint density at radius 2 is 1.88 bits per heavy atom. The second-order valence-corrected chi connectivity index (χ2v) is 6.41. The first-order valence-electron chi connectivity index (χ1n) is 7.14. The second kappa shape index (κ2) is 7.31. The van der Waals surface area contributed by atoms with E-state index in [-0.39, 0.29) is 0 Å². The number of nitrogens with zero attached hydrogens (tertiary/aromatic N) is 3. The van der Waals surface area contributed by atoms with Crippen LogP contribution < -0.4 is 10.6 Å². The number of nitrogens with one attached hydrogen (secondary N) is 2. The molecule has 0 aliphatic heterocycles. The molecule has 9 heteroatoms. The van der Waals surface area contributed by atoms with Crippen LogP contribution in [0.25, 0.3) is 5.82 Å². The van der Waals surface area contributed by atoms with Crippen molar-refractivity contribution >= 4 is 52.3 Å². The molecule has 128 valence electrons. The molecule has 6 nitrogen and oxygen atoms in total. The number of aryl methyl sites for hydroxylation is 1. The Morgan fingerprint density at radius 1 is 1.08 bits per heavy atom. The van der Waals surface area contributed by atoms with E-state index in [0.29, 0.717) is 38.1 Å². The van der Waals surface area contributed by atoms with Crippen LogP contribution >= 0.6 is 34.8 Å². The summed E-state index contributed by atoms with van der Waals surface area (Å²) in [6, 6.07) is 9.63. The van der Waals surface area contributed by atoms with Crippen molar-refractivity contribution in [2.45, 2.75) is 6.92 Å². The van der Waals surface area contributed by atoms with Crippen LogP contribution in [0.2, 0.25) is 15.1 Å². The molecule has 2 amide bonds. The lowest BCUT2D eigenvalue weighted by Crippen LogP contribution is -2.21. The monoisotopic (exact) mass is 395 g/mol. The number of carbonyl (C=O) groups is 1. The Morgan fingerprint density at radius 3 is 2.60 bits per heavy atom. The van der Waals surface area contributed by atoms with Gasteiger partial charge in [-0.2, -0.15) is 9.78 Å². The zero-order valence-corrected chi connectivity index (χ0v) is 15.2. The second-order valence-electron chi connectivity index (χ2n) is 5.13. The van der Waals surface area contributed by atoms with Gasteiger partial charge in [-0.25, -0.2) is 9.78 Å². The third-order valence-electron chi connectivity index (χ3n) is 3.14. The molecule has 2 N–H and O–H groups in total. The van der Waals surface area contributed by atoms with Gasteiger partial charge in [0, 0.05) is 23.0 Å². The van der Waals surface area contributed by atoms with Crippen LogP contribution in [0, 0.1) is 6.92 Å². The third kappa shape index (κ3) is 4.22. The number of hydrogen-bond donors (Lipinski definition) is 2. The fourth-order valence-corrected chi connectivity index (χ4v) is 2.81. The Hall–Kier alpha value is -2.28. The van der Waals surface area contributed by atoms with Crippen molar-refractivity contribution in [3.05, 3.63) is 63.4 Å². The number of amides is 2. The third-order valence-corrected chi connectivity index (χ3v) is 3.86. The van der Waals surface area contributed by atoms with E-state index in [1.54, 1.807) is 43.3 Å². The molecule has 2 aromatic heterocycles. The van der Waals surface area contributed by atoms with Crippen molar-refractivity contribution in [1.29, 1.82) is 0 Å². The van der Waals surface area contributed by atoms with Gasteiger partial charge >= 0.3 is 6.03 Å². The molecule has 0 fully saturated rings. The number of urea groups is 1. The summed E-state index contributed by atoms with van der Waals surface area (Å²) in [5.41, 5.74) is 1.25. The lowest BCUT2D eigenvalue weighted by atomic mass is 10.3. The molecule has 3 rings (SSSR count). The van der Waals surface area contributed by atoms with Crippen LogP contribution in [0.4, 0.5) is 16.3 Å². The minimum Gasteiger partial charge on any atom is -0.308 e. The van der Waals surface area contributed by atoms with Gasteiger partial charge in [0.25, 0.3) is 0 Å². The lowest BCUT2D eigenvalue weighted by molar-refractivity contribution is 0.262. The molecule has 0 radical (unpaired) electrons. The quantitative estimate of drug-likeness (QED) is 0.640. The van der Waals surface area contributed by atoms with Gasteiger partial charge in [0.15, 0.2) is 5.82 Å². The first-order valence-corrected chi connectivity index (χ1v) is 8.27. The molecule has 2 heterocycles. The molecule has 0 aliphatic carbocycles. The van der Waals surface area contributed by atoms with E-state index >= 15 is 0 Å². The molecule has 0 spiro atoms. The van der Waals surface area contributed by atoms with Gasteiger partial charge in [-0.3, -0.25) is 5.32 Å². The Kier molecular flexibility index (Phi) is 5.13. The summed E-state index contributed by atoms with van der Waals surface area (Å²) in [7, 11) is 0. The van der Waals surface area contributed by atoms with Crippen LogP contribution in [0.5, 0.6) is 0 Å². The van der Waals surface area contributed by atoms with Gasteiger partial charge in [0.1, 0.15) is 5.82 Å². The summed E-state index contributed by atoms with van der Waals surface area (Å²) in [6.07, 6.45) is 1.45. The van der Waals surface area contributed by atoms with Gasteiger partial charge in [-0.15, -0.1) is 0 Å². The zero-order chi connectivity index (χ0) is 18.0. The van der Waals surface area contributed by atoms with Crippen LogP contribution in [-0.4, -0.2) is 20.8 Å². The molecule has 0 saturated heterocycles. The highest BCUT2D eigenvalue weighted by Gasteiger charge is 2.15. The zero-order valence-electron chi connectivity index (χ0n) is 12.9. The average Bonchev–Trinajstić information content (AvgIpc) is 2.87. The maximum atomic E-state index is 12.2. The van der Waals surface area contributed by atoms with Crippen molar-refractivity contribution in [1.82, 2.24) is 14.8 Å². The minimum atomic E-state index is -0.450. The van der Waals surface area contributed by atoms with Crippen molar-refractivity contribution in [2.24, 2.45) is 0 Å². The highest BCUT2D eigenvalue weighted by molar-refractivity contribution is 6.35. The summed E-state index contributed by atoms with van der Waals surface area (Å²) >= 11 is 18.0. The number of benzene rings is 1. The molecular formula is C16H12Cl3N5O. The smallest absolute Gasteiger partial charge is 0.308 e. The van der Waals surface area contributed by atoms with E-state index < -0.39 is 6.03 Å². The SMILES string of the molecule is Cc1cc(NC(=O)Nc2cccc(Cl)c2)n(-c2ncc(Cl)cc2Cl)n1. The number of aromatic nitrogens is 3. The molecule has 0 saturated carbocycles. The van der Waals surface area contributed by atoms with Crippen molar-refractivity contribution in [3.8, 4) is 5.82 Å². The molecule has 0 atom stereocenters. The van der Waals surface area contributed by atoms with Crippen LogP contribution in [0.1, 0.15) is 5.69 Å². The van der Waals surface area contributed by atoms with Gasteiger partial charge < -0.3 is 5.32 Å². The summed E-state index contributed by atoms with van der Waals surface area (Å²) in [6.45, 7) is 1.79. The van der Waals surface area contributed by atoms with Crippen LogP contribution in [0.3, 0.4) is 0 Å². The highest BCUT2D eigenvalue weighted by Crippen LogP contribution is 2.25. The number of anilines is 2. The van der Waals surface area contributed by atoms with E-state index in [1.807, 2.05) is 0 Å². The molecule has 25 heavy (non-hydrogen) atoms. The van der Waals surface area contributed by atoms with Crippen molar-refractivity contribution in [2.75, 3.05) is 10.6 Å². The molecular weight excluding hydrogens is 385 g/mol. The van der Waals surface area contributed by atoms with E-state index in [2.05, 4.69) is 20.7 Å². The topological polar surface area (TPSA) is 71.8 Å². The van der Waals surface area contributed by atoms with E-state index in [0.717, 1.165) is 0 Å². The number of rotatable bonds is 3. The van der Waals surface area contributed by atoms with E-state index in [9.17, 15) is 4.79 Å². The largest absolute Gasteiger partial charge is 0.324 e. The maximum Gasteiger partial charge on any atom is 0.324 e. The molecule has 0 aliphatic rings. The number of pyridine rings is 1. The van der Waals surface area contributed by atoms with Gasteiger partial charge in [-0.1, -0.05) is 40.9 Å². The fourth-order valence-electron chi connectivity index (χ4n) is 2.16. The number of halogens is 3. The fraction of sp³-hybridized carbons (Fsp3) is 0.0625. The Bertz CT molecular complexity index is 941. The number of carbonyl (C=O) groups excluding carboxylic acids is 1.